The minimum Gasteiger partial charge on any atom is -0.368 e. The maximum atomic E-state index is 10.8. The van der Waals surface area contributed by atoms with E-state index >= 15 is 0 Å². The summed E-state index contributed by atoms with van der Waals surface area (Å²) in [6, 6.07) is 0. The first-order valence-corrected chi connectivity index (χ1v) is 5.56. The number of hydrogen-bond donors (Lipinski definition) is 1. The lowest BCUT2D eigenvalue weighted by Gasteiger charge is -2.19. The summed E-state index contributed by atoms with van der Waals surface area (Å²) < 4.78 is 0.612. The highest BCUT2D eigenvalue weighted by atomic mass is 79.9. The molecule has 88 valence electrons. The van der Waals surface area contributed by atoms with Gasteiger partial charge in [0.05, 0.1) is 9.40 Å². The molecule has 1 rings (SSSR count). The molecule has 0 spiro atoms. The van der Waals surface area contributed by atoms with E-state index in [0.717, 1.165) is 6.42 Å². The molecule has 0 aliphatic carbocycles. The molecule has 0 saturated carbocycles. The van der Waals surface area contributed by atoms with Crippen LogP contribution in [0.3, 0.4) is 0 Å². The highest BCUT2D eigenvalue weighted by molar-refractivity contribution is 9.10. The Labute approximate surface area is 102 Å². The highest BCUT2D eigenvalue weighted by Gasteiger charge is 2.20. The van der Waals surface area contributed by atoms with Crippen molar-refractivity contribution in [2.24, 2.45) is 5.73 Å². The summed E-state index contributed by atoms with van der Waals surface area (Å²) >= 11 is 3.27. The molecule has 0 unspecified atom stereocenters. The zero-order chi connectivity index (χ0) is 12.1. The Kier molecular flexibility index (Phi) is 4.63. The quantitative estimate of drug-likeness (QED) is 0.656. The van der Waals surface area contributed by atoms with Crippen molar-refractivity contribution in [2.75, 3.05) is 25.0 Å². The molecule has 1 heterocycles. The van der Waals surface area contributed by atoms with E-state index < -0.39 is 4.92 Å². The fourth-order valence-corrected chi connectivity index (χ4v) is 1.99. The molecule has 0 radical (unpaired) electrons. The molecule has 0 amide bonds. The van der Waals surface area contributed by atoms with Gasteiger partial charge in [0.15, 0.2) is 0 Å². The van der Waals surface area contributed by atoms with E-state index in [1.165, 1.54) is 6.20 Å². The van der Waals surface area contributed by atoms with Crippen LogP contribution in [-0.2, 0) is 0 Å². The molecule has 0 aromatic carbocycles. The fraction of sp³-hybridized carbons (Fsp3) is 0.444. The van der Waals surface area contributed by atoms with Gasteiger partial charge in [-0.3, -0.25) is 15.1 Å². The maximum absolute atomic E-state index is 10.8. The third kappa shape index (κ3) is 2.89. The average Bonchev–Trinajstić information content (AvgIpc) is 2.25. The Hall–Kier alpha value is -1.21. The first-order chi connectivity index (χ1) is 7.57. The van der Waals surface area contributed by atoms with Gasteiger partial charge in [-0.1, -0.05) is 0 Å². The van der Waals surface area contributed by atoms with Gasteiger partial charge in [-0.15, -0.1) is 0 Å². The van der Waals surface area contributed by atoms with Crippen LogP contribution in [-0.4, -0.2) is 30.0 Å². The zero-order valence-electron chi connectivity index (χ0n) is 8.89. The number of rotatable bonds is 5. The highest BCUT2D eigenvalue weighted by Crippen LogP contribution is 2.33. The Morgan fingerprint density at radius 3 is 2.88 bits per heavy atom. The van der Waals surface area contributed by atoms with Crippen LogP contribution in [0.2, 0.25) is 0 Å². The number of pyridine rings is 1. The molecular formula is C9H13BrN4O2. The van der Waals surface area contributed by atoms with Crippen molar-refractivity contribution in [3.8, 4) is 0 Å². The van der Waals surface area contributed by atoms with Gasteiger partial charge in [0.1, 0.15) is 11.9 Å². The third-order valence-electron chi connectivity index (χ3n) is 2.13. The van der Waals surface area contributed by atoms with Crippen LogP contribution in [0, 0.1) is 10.1 Å². The number of aromatic nitrogens is 1. The second-order valence-electron chi connectivity index (χ2n) is 3.31. The summed E-state index contributed by atoms with van der Waals surface area (Å²) in [4.78, 5) is 16.0. The van der Waals surface area contributed by atoms with Gasteiger partial charge in [0.2, 0.25) is 0 Å². The summed E-state index contributed by atoms with van der Waals surface area (Å²) in [7, 11) is 1.79. The predicted octanol–water partition coefficient (Wildman–Crippen LogP) is 1.54. The second-order valence-corrected chi connectivity index (χ2v) is 4.16. The van der Waals surface area contributed by atoms with Crippen molar-refractivity contribution >= 4 is 27.3 Å². The van der Waals surface area contributed by atoms with Gasteiger partial charge in [0, 0.05) is 19.8 Å². The normalized spacial score (nSPS) is 10.2. The predicted molar refractivity (Wildman–Crippen MR) is 65.5 cm³/mol. The molecule has 1 aromatic heterocycles. The first-order valence-electron chi connectivity index (χ1n) is 4.77. The lowest BCUT2D eigenvalue weighted by molar-refractivity contribution is -0.384. The van der Waals surface area contributed by atoms with E-state index in [4.69, 9.17) is 5.73 Å². The van der Waals surface area contributed by atoms with Crippen LogP contribution in [0.25, 0.3) is 0 Å². The topological polar surface area (TPSA) is 85.3 Å². The van der Waals surface area contributed by atoms with Crippen molar-refractivity contribution in [3.05, 3.63) is 27.0 Å². The lowest BCUT2D eigenvalue weighted by atomic mass is 10.3. The van der Waals surface area contributed by atoms with Gasteiger partial charge in [-0.05, 0) is 28.9 Å². The van der Waals surface area contributed by atoms with Gasteiger partial charge in [0.25, 0.3) is 0 Å². The summed E-state index contributed by atoms with van der Waals surface area (Å²) in [6.07, 6.45) is 3.57. The zero-order valence-corrected chi connectivity index (χ0v) is 10.5. The van der Waals surface area contributed by atoms with E-state index in [9.17, 15) is 10.1 Å². The van der Waals surface area contributed by atoms with Gasteiger partial charge in [-0.2, -0.15) is 0 Å². The Morgan fingerprint density at radius 2 is 2.31 bits per heavy atom. The number of nitrogens with two attached hydrogens (primary N) is 1. The summed E-state index contributed by atoms with van der Waals surface area (Å²) in [5.41, 5.74) is 5.94. The van der Waals surface area contributed by atoms with Gasteiger partial charge < -0.3 is 10.6 Å². The van der Waals surface area contributed by atoms with Crippen LogP contribution in [0.15, 0.2) is 16.9 Å². The number of nitro groups is 1. The molecule has 0 fully saturated rings. The van der Waals surface area contributed by atoms with E-state index in [0.29, 0.717) is 23.2 Å². The molecule has 0 aliphatic heterocycles. The number of nitrogens with zero attached hydrogens (tertiary/aromatic N) is 3. The van der Waals surface area contributed by atoms with Crippen molar-refractivity contribution in [2.45, 2.75) is 6.42 Å². The van der Waals surface area contributed by atoms with Crippen LogP contribution in [0.1, 0.15) is 6.42 Å². The summed E-state index contributed by atoms with van der Waals surface area (Å²) in [6.45, 7) is 1.22. The van der Waals surface area contributed by atoms with Crippen molar-refractivity contribution < 1.29 is 4.92 Å². The first kappa shape index (κ1) is 12.9. The summed E-state index contributed by atoms with van der Waals surface area (Å²) in [5, 5.41) is 10.8. The van der Waals surface area contributed by atoms with E-state index in [1.54, 1.807) is 18.1 Å². The molecule has 0 aliphatic rings. The summed E-state index contributed by atoms with van der Waals surface area (Å²) in [5.74, 6) is 0. The Morgan fingerprint density at radius 1 is 1.62 bits per heavy atom. The van der Waals surface area contributed by atoms with E-state index in [2.05, 4.69) is 20.9 Å². The molecule has 0 saturated heterocycles. The van der Waals surface area contributed by atoms with Crippen molar-refractivity contribution in [3.63, 3.8) is 0 Å². The fourth-order valence-electron chi connectivity index (χ4n) is 1.37. The molecule has 0 bridgehead atoms. The standard InChI is InChI=1S/C9H13BrN4O2/c1-13(4-2-3-11)9-7(10)5-12-6-8(9)14(15)16/h5-6H,2-4,11H2,1H3. The SMILES string of the molecule is CN(CCCN)c1c(Br)cncc1[N+](=O)[O-]. The van der Waals surface area contributed by atoms with Crippen molar-refractivity contribution in [1.29, 1.82) is 0 Å². The van der Waals surface area contributed by atoms with Gasteiger partial charge in [-0.25, -0.2) is 0 Å². The average molecular weight is 289 g/mol. The minimum atomic E-state index is -0.438. The minimum absolute atomic E-state index is 0.00565. The molecule has 2 N–H and O–H groups in total. The Bertz CT molecular complexity index is 386. The number of hydrogen-bond acceptors (Lipinski definition) is 5. The monoisotopic (exact) mass is 288 g/mol. The molecular weight excluding hydrogens is 276 g/mol. The third-order valence-corrected chi connectivity index (χ3v) is 2.71. The lowest BCUT2D eigenvalue weighted by Crippen LogP contribution is -2.22. The number of halogens is 1. The molecule has 16 heavy (non-hydrogen) atoms. The smallest absolute Gasteiger partial charge is 0.311 e. The Balaban J connectivity index is 3.04. The largest absolute Gasteiger partial charge is 0.368 e. The molecule has 1 aromatic rings. The number of anilines is 1. The second kappa shape index (κ2) is 5.76. The molecule has 6 nitrogen and oxygen atoms in total. The van der Waals surface area contributed by atoms with Gasteiger partial charge >= 0.3 is 5.69 Å². The maximum Gasteiger partial charge on any atom is 0.311 e. The van der Waals surface area contributed by atoms with Crippen LogP contribution in [0.5, 0.6) is 0 Å². The molecule has 0 atom stereocenters. The van der Waals surface area contributed by atoms with E-state index in [1.807, 2.05) is 0 Å². The van der Waals surface area contributed by atoms with Crippen LogP contribution in [0.4, 0.5) is 11.4 Å². The van der Waals surface area contributed by atoms with Crippen LogP contribution < -0.4 is 10.6 Å². The van der Waals surface area contributed by atoms with E-state index in [-0.39, 0.29) is 5.69 Å². The van der Waals surface area contributed by atoms with Crippen molar-refractivity contribution in [1.82, 2.24) is 4.98 Å². The molecule has 7 heteroatoms. The van der Waals surface area contributed by atoms with Crippen LogP contribution >= 0.6 is 15.9 Å².